The van der Waals surface area contributed by atoms with Crippen molar-refractivity contribution >= 4 is 10.1 Å². The van der Waals surface area contributed by atoms with Gasteiger partial charge in [0.1, 0.15) is 0 Å². The second-order valence-electron chi connectivity index (χ2n) is 7.03. The molecular weight excluding hydrogens is 334 g/mol. The van der Waals surface area contributed by atoms with Crippen molar-refractivity contribution in [2.75, 3.05) is 12.3 Å². The van der Waals surface area contributed by atoms with Crippen LogP contribution in [0.5, 0.6) is 0 Å². The van der Waals surface area contributed by atoms with Crippen molar-refractivity contribution in [1.29, 1.82) is 0 Å². The molecule has 150 valence electrons. The zero-order valence-corrected chi connectivity index (χ0v) is 17.2. The van der Waals surface area contributed by atoms with Gasteiger partial charge < -0.3 is 5.32 Å². The summed E-state index contributed by atoms with van der Waals surface area (Å²) in [5.41, 5.74) is 0. The van der Waals surface area contributed by atoms with Crippen LogP contribution < -0.4 is 5.32 Å². The fourth-order valence-corrected chi connectivity index (χ4v) is 3.27. The van der Waals surface area contributed by atoms with Crippen LogP contribution in [0.3, 0.4) is 0 Å². The van der Waals surface area contributed by atoms with E-state index >= 15 is 0 Å². The van der Waals surface area contributed by atoms with Crippen molar-refractivity contribution in [2.45, 2.75) is 103 Å². The first-order valence-electron chi connectivity index (χ1n) is 10.4. The lowest BCUT2D eigenvalue weighted by molar-refractivity contribution is 0.482. The lowest BCUT2D eigenvalue weighted by Crippen LogP contribution is -2.17. The van der Waals surface area contributed by atoms with Crippen molar-refractivity contribution < 1.29 is 13.0 Å². The predicted molar refractivity (Wildman–Crippen MR) is 108 cm³/mol. The highest BCUT2D eigenvalue weighted by molar-refractivity contribution is 7.85. The quantitative estimate of drug-likeness (QED) is 0.219. The minimum Gasteiger partial charge on any atom is -0.390 e. The summed E-state index contributed by atoms with van der Waals surface area (Å²) in [4.78, 5) is 0. The van der Waals surface area contributed by atoms with Gasteiger partial charge in [-0.25, -0.2) is 0 Å². The van der Waals surface area contributed by atoms with E-state index in [1.807, 2.05) is 6.08 Å². The predicted octanol–water partition coefficient (Wildman–Crippen LogP) is 5.85. The Hall–Kier alpha value is -0.550. The Morgan fingerprint density at radius 1 is 0.760 bits per heavy atom. The molecule has 0 bridgehead atoms. The van der Waals surface area contributed by atoms with Crippen molar-refractivity contribution in [3.63, 3.8) is 0 Å². The first kappa shape index (κ1) is 24.5. The maximum Gasteiger partial charge on any atom is 0.266 e. The van der Waals surface area contributed by atoms with Gasteiger partial charge in [0, 0.05) is 6.54 Å². The Bertz CT molecular complexity index is 394. The molecule has 4 nitrogen and oxygen atoms in total. The lowest BCUT2D eigenvalue weighted by atomic mass is 10.0. The molecule has 0 saturated heterocycles. The molecule has 0 fully saturated rings. The van der Waals surface area contributed by atoms with Crippen molar-refractivity contribution in [2.24, 2.45) is 0 Å². The van der Waals surface area contributed by atoms with Crippen LogP contribution in [0.25, 0.3) is 0 Å². The molecule has 0 amide bonds. The van der Waals surface area contributed by atoms with Gasteiger partial charge in [0.15, 0.2) is 0 Å². The zero-order valence-electron chi connectivity index (χ0n) is 16.3. The van der Waals surface area contributed by atoms with E-state index < -0.39 is 10.1 Å². The lowest BCUT2D eigenvalue weighted by Gasteiger charge is -2.03. The summed E-state index contributed by atoms with van der Waals surface area (Å²) in [6.07, 6.45) is 24.0. The van der Waals surface area contributed by atoms with Gasteiger partial charge in [-0.05, 0) is 19.0 Å². The van der Waals surface area contributed by atoms with Crippen LogP contribution >= 0.6 is 0 Å². The van der Waals surface area contributed by atoms with Crippen molar-refractivity contribution in [3.8, 4) is 0 Å². The third-order valence-corrected chi connectivity index (χ3v) is 5.18. The maximum atomic E-state index is 10.5. The average molecular weight is 376 g/mol. The van der Waals surface area contributed by atoms with Crippen LogP contribution in [0.15, 0.2) is 12.3 Å². The highest BCUT2D eigenvalue weighted by atomic mass is 32.2. The molecule has 0 aliphatic heterocycles. The molecule has 0 saturated carbocycles. The van der Waals surface area contributed by atoms with Crippen molar-refractivity contribution in [1.82, 2.24) is 5.32 Å². The molecule has 0 spiro atoms. The largest absolute Gasteiger partial charge is 0.390 e. The molecule has 0 aromatic heterocycles. The Labute approximate surface area is 156 Å². The molecule has 0 aliphatic rings. The number of hydrogen-bond donors (Lipinski definition) is 2. The van der Waals surface area contributed by atoms with E-state index in [0.717, 1.165) is 6.42 Å². The molecule has 0 unspecified atom stereocenters. The van der Waals surface area contributed by atoms with E-state index in [4.69, 9.17) is 4.55 Å². The van der Waals surface area contributed by atoms with Gasteiger partial charge in [0.2, 0.25) is 0 Å². The highest BCUT2D eigenvalue weighted by Gasteiger charge is 2.00. The van der Waals surface area contributed by atoms with E-state index in [9.17, 15) is 8.42 Å². The topological polar surface area (TPSA) is 66.4 Å². The summed E-state index contributed by atoms with van der Waals surface area (Å²) in [6, 6.07) is 0. The summed E-state index contributed by atoms with van der Waals surface area (Å²) in [5, 5.41) is 2.87. The third-order valence-electron chi connectivity index (χ3n) is 4.46. The van der Waals surface area contributed by atoms with Gasteiger partial charge in [-0.15, -0.1) is 0 Å². The Kier molecular flexibility index (Phi) is 17.8. The number of hydrogen-bond acceptors (Lipinski definition) is 3. The normalized spacial score (nSPS) is 12.1. The fourth-order valence-electron chi connectivity index (χ4n) is 2.89. The first-order chi connectivity index (χ1) is 12.1. The summed E-state index contributed by atoms with van der Waals surface area (Å²) in [5.74, 6) is -0.240. The van der Waals surface area contributed by atoms with E-state index in [2.05, 4.69) is 12.2 Å². The smallest absolute Gasteiger partial charge is 0.266 e. The second-order valence-corrected chi connectivity index (χ2v) is 8.60. The molecule has 0 radical (unpaired) electrons. The molecule has 0 heterocycles. The SMILES string of the molecule is CCCCCCCCCCCCCCCC/C=C/NCCS(=O)(=O)O. The molecule has 0 atom stereocenters. The molecule has 0 aliphatic carbocycles. The molecule has 0 rings (SSSR count). The summed E-state index contributed by atoms with van der Waals surface area (Å²) in [7, 11) is -3.84. The molecule has 2 N–H and O–H groups in total. The van der Waals surface area contributed by atoms with Gasteiger partial charge in [-0.2, -0.15) is 8.42 Å². The monoisotopic (exact) mass is 375 g/mol. The maximum absolute atomic E-state index is 10.5. The molecule has 25 heavy (non-hydrogen) atoms. The van der Waals surface area contributed by atoms with Crippen LogP contribution in [-0.4, -0.2) is 25.3 Å². The summed E-state index contributed by atoms with van der Waals surface area (Å²) < 4.78 is 29.6. The van der Waals surface area contributed by atoms with E-state index in [1.54, 1.807) is 6.20 Å². The van der Waals surface area contributed by atoms with Crippen LogP contribution in [0, 0.1) is 0 Å². The Morgan fingerprint density at radius 3 is 1.64 bits per heavy atom. The average Bonchev–Trinajstić information content (AvgIpc) is 2.56. The summed E-state index contributed by atoms with van der Waals surface area (Å²) in [6.45, 7) is 2.53. The van der Waals surface area contributed by atoms with Gasteiger partial charge >= 0.3 is 0 Å². The summed E-state index contributed by atoms with van der Waals surface area (Å²) >= 11 is 0. The fraction of sp³-hybridized carbons (Fsp3) is 0.900. The zero-order chi connectivity index (χ0) is 18.6. The Balaban J connectivity index is 3.11. The van der Waals surface area contributed by atoms with Gasteiger partial charge in [-0.1, -0.05) is 96.5 Å². The minimum absolute atomic E-state index is 0.240. The van der Waals surface area contributed by atoms with Gasteiger partial charge in [-0.3, -0.25) is 4.55 Å². The molecular formula is C20H41NO3S. The molecule has 0 aromatic rings. The second kappa shape index (κ2) is 18.2. The highest BCUT2D eigenvalue weighted by Crippen LogP contribution is 2.13. The first-order valence-corrected chi connectivity index (χ1v) is 12.0. The molecule has 0 aromatic carbocycles. The minimum atomic E-state index is -3.84. The van der Waals surface area contributed by atoms with Crippen LogP contribution in [0.4, 0.5) is 0 Å². The number of allylic oxidation sites excluding steroid dienone is 1. The van der Waals surface area contributed by atoms with Crippen molar-refractivity contribution in [3.05, 3.63) is 12.3 Å². The molecule has 5 heteroatoms. The Morgan fingerprint density at radius 2 is 1.20 bits per heavy atom. The number of unbranched alkanes of at least 4 members (excludes halogenated alkanes) is 14. The van der Waals surface area contributed by atoms with Gasteiger partial charge in [0.25, 0.3) is 10.1 Å². The third kappa shape index (κ3) is 23.4. The van der Waals surface area contributed by atoms with E-state index in [0.29, 0.717) is 0 Å². The number of rotatable bonds is 19. The van der Waals surface area contributed by atoms with Crippen LogP contribution in [0.2, 0.25) is 0 Å². The van der Waals surface area contributed by atoms with Crippen LogP contribution in [-0.2, 0) is 10.1 Å². The standard InChI is InChI=1S/C20H41NO3S/c1-2-3-4-5-6-7-8-9-10-11-12-13-14-15-16-17-18-21-19-20-25(22,23)24/h17-18,21H,2-16,19-20H2,1H3,(H,22,23,24)/b18-17+. The van der Waals surface area contributed by atoms with E-state index in [-0.39, 0.29) is 12.3 Å². The van der Waals surface area contributed by atoms with Crippen LogP contribution in [0.1, 0.15) is 103 Å². The van der Waals surface area contributed by atoms with Gasteiger partial charge in [0.05, 0.1) is 5.75 Å². The number of nitrogens with one attached hydrogen (secondary N) is 1. The van der Waals surface area contributed by atoms with E-state index in [1.165, 1.54) is 89.9 Å².